The minimum absolute atomic E-state index is 0.210. The zero-order valence-corrected chi connectivity index (χ0v) is 7.80. The van der Waals surface area contributed by atoms with E-state index in [-0.39, 0.29) is 11.7 Å². The molecule has 1 amide bonds. The molecule has 0 saturated heterocycles. The topological polar surface area (TPSA) is 94.5 Å². The maximum atomic E-state index is 11.6. The number of amides is 1. The van der Waals surface area contributed by atoms with Crippen LogP contribution < -0.4 is 16.6 Å². The molecular weight excluding hydrogens is 184 g/mol. The highest BCUT2D eigenvalue weighted by Gasteiger charge is 2.15. The molecule has 14 heavy (non-hydrogen) atoms. The summed E-state index contributed by atoms with van der Waals surface area (Å²) in [4.78, 5) is 19.9. The van der Waals surface area contributed by atoms with Crippen molar-refractivity contribution in [3.05, 3.63) is 24.0 Å². The Kier molecular flexibility index (Phi) is 3.38. The molecule has 6 heteroatoms. The van der Waals surface area contributed by atoms with Gasteiger partial charge in [-0.2, -0.15) is 5.90 Å². The van der Waals surface area contributed by atoms with Crippen molar-refractivity contribution in [1.82, 2.24) is 9.99 Å². The number of rotatable bonds is 3. The summed E-state index contributed by atoms with van der Waals surface area (Å²) in [6.45, 7) is 2.17. The number of hydrogen-bond acceptors (Lipinski definition) is 5. The second kappa shape index (κ2) is 4.54. The average Bonchev–Trinajstić information content (AvgIpc) is 2.26. The summed E-state index contributed by atoms with van der Waals surface area (Å²) in [5, 5.41) is 1.07. The third kappa shape index (κ3) is 1.98. The first-order valence-electron chi connectivity index (χ1n) is 4.08. The lowest BCUT2D eigenvalue weighted by Gasteiger charge is -2.14. The lowest BCUT2D eigenvalue weighted by molar-refractivity contribution is 0.0759. The Morgan fingerprint density at radius 1 is 1.71 bits per heavy atom. The maximum Gasteiger partial charge on any atom is 0.271 e. The fourth-order valence-electron chi connectivity index (χ4n) is 0.949. The van der Waals surface area contributed by atoms with E-state index in [0.717, 1.165) is 5.01 Å². The Morgan fingerprint density at radius 2 is 2.43 bits per heavy atom. The number of pyridine rings is 1. The Balaban J connectivity index is 3.00. The van der Waals surface area contributed by atoms with Crippen molar-refractivity contribution in [2.75, 3.05) is 6.54 Å². The first-order valence-corrected chi connectivity index (χ1v) is 4.08. The second-order valence-corrected chi connectivity index (χ2v) is 2.58. The molecule has 0 fully saturated rings. The van der Waals surface area contributed by atoms with E-state index >= 15 is 0 Å². The molecule has 0 atom stereocenters. The highest BCUT2D eigenvalue weighted by molar-refractivity contribution is 5.96. The van der Waals surface area contributed by atoms with Crippen LogP contribution in [-0.2, 0) is 0 Å². The van der Waals surface area contributed by atoms with Gasteiger partial charge in [-0.25, -0.2) is 5.84 Å². The van der Waals surface area contributed by atoms with Gasteiger partial charge >= 0.3 is 0 Å². The molecule has 1 rings (SSSR count). The minimum Gasteiger partial charge on any atom is -0.409 e. The molecule has 0 spiro atoms. The van der Waals surface area contributed by atoms with Gasteiger partial charge in [0.1, 0.15) is 0 Å². The van der Waals surface area contributed by atoms with E-state index < -0.39 is 0 Å². The fraction of sp³-hybridized carbons (Fsp3) is 0.250. The number of aromatic nitrogens is 1. The fourth-order valence-corrected chi connectivity index (χ4v) is 0.949. The molecule has 0 aliphatic heterocycles. The van der Waals surface area contributed by atoms with Crippen LogP contribution in [0.2, 0.25) is 0 Å². The first kappa shape index (κ1) is 10.4. The van der Waals surface area contributed by atoms with Crippen LogP contribution in [0.5, 0.6) is 5.75 Å². The monoisotopic (exact) mass is 196 g/mol. The van der Waals surface area contributed by atoms with Gasteiger partial charge < -0.3 is 4.84 Å². The molecule has 0 bridgehead atoms. The third-order valence-corrected chi connectivity index (χ3v) is 1.74. The van der Waals surface area contributed by atoms with Gasteiger partial charge in [-0.15, -0.1) is 0 Å². The summed E-state index contributed by atoms with van der Waals surface area (Å²) >= 11 is 0. The molecule has 0 aromatic carbocycles. The van der Waals surface area contributed by atoms with Crippen molar-refractivity contribution in [2.24, 2.45) is 11.7 Å². The number of nitrogens with two attached hydrogens (primary N) is 2. The Hall–Kier alpha value is -1.66. The summed E-state index contributed by atoms with van der Waals surface area (Å²) in [7, 11) is 0. The van der Waals surface area contributed by atoms with Crippen LogP contribution in [0.4, 0.5) is 0 Å². The predicted molar refractivity (Wildman–Crippen MR) is 50.0 cm³/mol. The van der Waals surface area contributed by atoms with Crippen LogP contribution >= 0.6 is 0 Å². The van der Waals surface area contributed by atoms with E-state index in [1.54, 1.807) is 6.92 Å². The SMILES string of the molecule is CCN(N)C(=O)c1ccncc1ON. The van der Waals surface area contributed by atoms with Gasteiger partial charge in [0.15, 0.2) is 5.75 Å². The molecule has 1 aromatic rings. The molecule has 0 saturated carbocycles. The summed E-state index contributed by atoms with van der Waals surface area (Å²) in [5.41, 5.74) is 0.298. The highest BCUT2D eigenvalue weighted by Crippen LogP contribution is 2.15. The van der Waals surface area contributed by atoms with Gasteiger partial charge in [-0.3, -0.25) is 14.8 Å². The van der Waals surface area contributed by atoms with Crippen LogP contribution in [0, 0.1) is 0 Å². The standard InChI is InChI=1S/C8H12N4O2/c1-2-12(9)8(13)6-3-4-11-5-7(6)14-10/h3-5H,2,9-10H2,1H3. The maximum absolute atomic E-state index is 11.6. The number of nitrogens with zero attached hydrogens (tertiary/aromatic N) is 2. The largest absolute Gasteiger partial charge is 0.409 e. The second-order valence-electron chi connectivity index (χ2n) is 2.58. The predicted octanol–water partition coefficient (Wildman–Crippen LogP) is -0.330. The van der Waals surface area contributed by atoms with E-state index in [4.69, 9.17) is 11.7 Å². The first-order chi connectivity index (χ1) is 6.70. The van der Waals surface area contributed by atoms with E-state index in [0.29, 0.717) is 12.1 Å². The normalized spacial score (nSPS) is 9.64. The quantitative estimate of drug-likeness (QED) is 0.392. The van der Waals surface area contributed by atoms with Crippen LogP contribution in [-0.4, -0.2) is 22.4 Å². The van der Waals surface area contributed by atoms with Crippen LogP contribution in [0.1, 0.15) is 17.3 Å². The minimum atomic E-state index is -0.352. The van der Waals surface area contributed by atoms with E-state index in [1.807, 2.05) is 0 Å². The Morgan fingerprint density at radius 3 is 3.00 bits per heavy atom. The zero-order valence-electron chi connectivity index (χ0n) is 7.80. The molecule has 1 aromatic heterocycles. The van der Waals surface area contributed by atoms with Crippen molar-refractivity contribution >= 4 is 5.91 Å². The summed E-state index contributed by atoms with van der Waals surface area (Å²) in [5.74, 6) is 10.3. The summed E-state index contributed by atoms with van der Waals surface area (Å²) < 4.78 is 0. The van der Waals surface area contributed by atoms with Crippen LogP contribution in [0.15, 0.2) is 18.5 Å². The van der Waals surface area contributed by atoms with Gasteiger partial charge in [-0.05, 0) is 13.0 Å². The third-order valence-electron chi connectivity index (χ3n) is 1.74. The summed E-state index contributed by atoms with van der Waals surface area (Å²) in [6, 6.07) is 1.50. The lowest BCUT2D eigenvalue weighted by atomic mass is 10.2. The van der Waals surface area contributed by atoms with Gasteiger partial charge in [0.25, 0.3) is 5.91 Å². The van der Waals surface area contributed by atoms with Gasteiger partial charge in [-0.1, -0.05) is 0 Å². The van der Waals surface area contributed by atoms with Crippen molar-refractivity contribution < 1.29 is 9.63 Å². The van der Waals surface area contributed by atoms with Gasteiger partial charge in [0.05, 0.1) is 11.8 Å². The van der Waals surface area contributed by atoms with E-state index in [9.17, 15) is 4.79 Å². The van der Waals surface area contributed by atoms with Crippen molar-refractivity contribution in [2.45, 2.75) is 6.92 Å². The molecule has 76 valence electrons. The molecule has 1 heterocycles. The smallest absolute Gasteiger partial charge is 0.271 e. The van der Waals surface area contributed by atoms with Crippen LogP contribution in [0.3, 0.4) is 0 Å². The molecule has 0 radical (unpaired) electrons. The van der Waals surface area contributed by atoms with E-state index in [2.05, 4.69) is 9.82 Å². The van der Waals surface area contributed by atoms with Crippen LogP contribution in [0.25, 0.3) is 0 Å². The molecule has 0 aliphatic carbocycles. The molecule has 0 unspecified atom stereocenters. The van der Waals surface area contributed by atoms with Crippen molar-refractivity contribution in [3.63, 3.8) is 0 Å². The zero-order chi connectivity index (χ0) is 10.6. The Labute approximate surface area is 81.4 Å². The van der Waals surface area contributed by atoms with Gasteiger partial charge in [0.2, 0.25) is 0 Å². The number of carbonyl (C=O) groups is 1. The molecule has 4 N–H and O–H groups in total. The number of carbonyl (C=O) groups excluding carboxylic acids is 1. The van der Waals surface area contributed by atoms with Crippen molar-refractivity contribution in [3.8, 4) is 5.75 Å². The molecule has 6 nitrogen and oxygen atoms in total. The van der Waals surface area contributed by atoms with E-state index in [1.165, 1.54) is 18.5 Å². The highest BCUT2D eigenvalue weighted by atomic mass is 16.6. The molecule has 0 aliphatic rings. The number of hydrazine groups is 1. The average molecular weight is 196 g/mol. The summed E-state index contributed by atoms with van der Waals surface area (Å²) in [6.07, 6.45) is 2.83. The molecular formula is C8H12N4O2. The lowest BCUT2D eigenvalue weighted by Crippen LogP contribution is -2.37. The van der Waals surface area contributed by atoms with Gasteiger partial charge in [0, 0.05) is 12.7 Å². The number of hydrogen-bond donors (Lipinski definition) is 2. The Bertz CT molecular complexity index is 329. The van der Waals surface area contributed by atoms with Crippen molar-refractivity contribution in [1.29, 1.82) is 0 Å².